The van der Waals surface area contributed by atoms with Crippen molar-refractivity contribution in [2.75, 3.05) is 27.2 Å². The Morgan fingerprint density at radius 1 is 1.40 bits per heavy atom. The number of ether oxygens (including phenoxy) is 1. The lowest BCUT2D eigenvalue weighted by Gasteiger charge is -2.12. The summed E-state index contributed by atoms with van der Waals surface area (Å²) in [6.45, 7) is 3.59. The number of hydrogen-bond acceptors (Lipinski definition) is 3. The Bertz CT molecular complexity index is 297. The van der Waals surface area contributed by atoms with Crippen molar-refractivity contribution >= 4 is 0 Å². The molecule has 0 aliphatic rings. The molecule has 0 saturated heterocycles. The molecular formula is C12H20N2O. The molecule has 0 heterocycles. The van der Waals surface area contributed by atoms with E-state index in [1.165, 1.54) is 0 Å². The van der Waals surface area contributed by atoms with Crippen LogP contribution in [0.5, 0.6) is 5.75 Å². The average Bonchev–Trinajstić information content (AvgIpc) is 2.17. The first-order chi connectivity index (χ1) is 7.09. The van der Waals surface area contributed by atoms with E-state index in [0.29, 0.717) is 6.61 Å². The molecule has 1 atom stereocenters. The highest BCUT2D eigenvalue weighted by molar-refractivity contribution is 5.30. The molecule has 0 spiro atoms. The molecule has 0 bridgehead atoms. The van der Waals surface area contributed by atoms with Crippen molar-refractivity contribution in [1.29, 1.82) is 0 Å². The standard InChI is InChI=1S/C12H20N2O/c1-10(13)11-5-4-6-12(9-11)15-8-7-14(2)3/h4-6,9-10H,7-8,13H2,1-3H3/t10-/m0/s1. The average molecular weight is 208 g/mol. The van der Waals surface area contributed by atoms with Crippen LogP contribution >= 0.6 is 0 Å². The van der Waals surface area contributed by atoms with Crippen LogP contribution in [0, 0.1) is 0 Å². The molecule has 0 aromatic heterocycles. The number of hydrogen-bond donors (Lipinski definition) is 1. The third-order valence-corrected chi connectivity index (χ3v) is 2.19. The Morgan fingerprint density at radius 3 is 2.73 bits per heavy atom. The van der Waals surface area contributed by atoms with Crippen molar-refractivity contribution in [2.24, 2.45) is 5.73 Å². The molecule has 0 unspecified atom stereocenters. The summed E-state index contributed by atoms with van der Waals surface area (Å²) in [6, 6.07) is 8.01. The Kier molecular flexibility index (Phi) is 4.59. The van der Waals surface area contributed by atoms with Gasteiger partial charge in [0.2, 0.25) is 0 Å². The summed E-state index contributed by atoms with van der Waals surface area (Å²) >= 11 is 0. The highest BCUT2D eigenvalue weighted by atomic mass is 16.5. The van der Waals surface area contributed by atoms with Crippen LogP contribution < -0.4 is 10.5 Å². The summed E-state index contributed by atoms with van der Waals surface area (Å²) in [4.78, 5) is 2.09. The number of benzene rings is 1. The van der Waals surface area contributed by atoms with Gasteiger partial charge < -0.3 is 15.4 Å². The lowest BCUT2D eigenvalue weighted by Crippen LogP contribution is -2.19. The van der Waals surface area contributed by atoms with E-state index in [4.69, 9.17) is 10.5 Å². The molecule has 0 aliphatic carbocycles. The summed E-state index contributed by atoms with van der Waals surface area (Å²) < 4.78 is 5.61. The van der Waals surface area contributed by atoms with Crippen LogP contribution in [0.25, 0.3) is 0 Å². The quantitative estimate of drug-likeness (QED) is 0.799. The van der Waals surface area contributed by atoms with Gasteiger partial charge in [0.1, 0.15) is 12.4 Å². The topological polar surface area (TPSA) is 38.5 Å². The Labute approximate surface area is 91.8 Å². The van der Waals surface area contributed by atoms with Crippen molar-refractivity contribution in [1.82, 2.24) is 4.90 Å². The molecule has 0 radical (unpaired) electrons. The van der Waals surface area contributed by atoms with Gasteiger partial charge in [-0.2, -0.15) is 0 Å². The fourth-order valence-corrected chi connectivity index (χ4v) is 1.23. The molecule has 2 N–H and O–H groups in total. The smallest absolute Gasteiger partial charge is 0.119 e. The second kappa shape index (κ2) is 5.73. The van der Waals surface area contributed by atoms with Gasteiger partial charge in [-0.3, -0.25) is 0 Å². The SMILES string of the molecule is C[C@H](N)c1cccc(OCCN(C)C)c1. The van der Waals surface area contributed by atoms with Gasteiger partial charge in [-0.1, -0.05) is 12.1 Å². The van der Waals surface area contributed by atoms with Gasteiger partial charge in [0.25, 0.3) is 0 Å². The summed E-state index contributed by atoms with van der Waals surface area (Å²) in [6.07, 6.45) is 0. The molecule has 3 heteroatoms. The number of rotatable bonds is 5. The number of nitrogens with zero attached hydrogens (tertiary/aromatic N) is 1. The molecule has 1 aromatic rings. The maximum atomic E-state index is 5.80. The van der Waals surface area contributed by atoms with E-state index >= 15 is 0 Å². The van der Waals surface area contributed by atoms with E-state index < -0.39 is 0 Å². The predicted molar refractivity (Wildman–Crippen MR) is 63.1 cm³/mol. The monoisotopic (exact) mass is 208 g/mol. The zero-order valence-corrected chi connectivity index (χ0v) is 9.73. The molecule has 0 amide bonds. The minimum atomic E-state index is 0.0578. The minimum absolute atomic E-state index is 0.0578. The van der Waals surface area contributed by atoms with Gasteiger partial charge in [-0.15, -0.1) is 0 Å². The van der Waals surface area contributed by atoms with Gasteiger partial charge in [-0.05, 0) is 38.7 Å². The van der Waals surface area contributed by atoms with Crippen molar-refractivity contribution in [3.8, 4) is 5.75 Å². The second-order valence-electron chi connectivity index (χ2n) is 4.01. The second-order valence-corrected chi connectivity index (χ2v) is 4.01. The zero-order valence-electron chi connectivity index (χ0n) is 9.73. The van der Waals surface area contributed by atoms with Gasteiger partial charge >= 0.3 is 0 Å². The van der Waals surface area contributed by atoms with E-state index in [1.807, 2.05) is 45.3 Å². The Balaban J connectivity index is 2.50. The number of likely N-dealkylation sites (N-methyl/N-ethyl adjacent to an activating group) is 1. The van der Waals surface area contributed by atoms with Crippen molar-refractivity contribution in [2.45, 2.75) is 13.0 Å². The van der Waals surface area contributed by atoms with E-state index in [9.17, 15) is 0 Å². The summed E-state index contributed by atoms with van der Waals surface area (Å²) in [5.74, 6) is 0.895. The van der Waals surface area contributed by atoms with Crippen molar-refractivity contribution in [3.63, 3.8) is 0 Å². The normalized spacial score (nSPS) is 12.9. The van der Waals surface area contributed by atoms with E-state index in [0.717, 1.165) is 17.9 Å². The third-order valence-electron chi connectivity index (χ3n) is 2.19. The molecule has 15 heavy (non-hydrogen) atoms. The first-order valence-electron chi connectivity index (χ1n) is 5.22. The third kappa shape index (κ3) is 4.32. The fourth-order valence-electron chi connectivity index (χ4n) is 1.23. The molecule has 84 valence electrons. The summed E-state index contributed by atoms with van der Waals surface area (Å²) in [7, 11) is 4.06. The molecule has 1 aromatic carbocycles. The summed E-state index contributed by atoms with van der Waals surface area (Å²) in [5.41, 5.74) is 6.90. The first-order valence-corrected chi connectivity index (χ1v) is 5.22. The molecule has 0 aliphatic heterocycles. The first kappa shape index (κ1) is 12.0. The molecule has 1 rings (SSSR count). The maximum Gasteiger partial charge on any atom is 0.119 e. The maximum absolute atomic E-state index is 5.80. The predicted octanol–water partition coefficient (Wildman–Crippen LogP) is 1.65. The summed E-state index contributed by atoms with van der Waals surface area (Å²) in [5, 5.41) is 0. The van der Waals surface area contributed by atoms with Crippen LogP contribution in [0.3, 0.4) is 0 Å². The van der Waals surface area contributed by atoms with E-state index in [1.54, 1.807) is 0 Å². The van der Waals surface area contributed by atoms with Gasteiger partial charge in [-0.25, -0.2) is 0 Å². The largest absolute Gasteiger partial charge is 0.492 e. The lowest BCUT2D eigenvalue weighted by atomic mass is 10.1. The molecular weight excluding hydrogens is 188 g/mol. The lowest BCUT2D eigenvalue weighted by molar-refractivity contribution is 0.261. The van der Waals surface area contributed by atoms with Crippen LogP contribution in [-0.2, 0) is 0 Å². The number of nitrogens with two attached hydrogens (primary N) is 1. The van der Waals surface area contributed by atoms with Crippen LogP contribution in [0.4, 0.5) is 0 Å². The van der Waals surface area contributed by atoms with E-state index in [2.05, 4.69) is 4.90 Å². The fraction of sp³-hybridized carbons (Fsp3) is 0.500. The van der Waals surface area contributed by atoms with Crippen molar-refractivity contribution in [3.05, 3.63) is 29.8 Å². The van der Waals surface area contributed by atoms with Gasteiger partial charge in [0.05, 0.1) is 0 Å². The zero-order chi connectivity index (χ0) is 11.3. The highest BCUT2D eigenvalue weighted by Crippen LogP contribution is 2.17. The van der Waals surface area contributed by atoms with E-state index in [-0.39, 0.29) is 6.04 Å². The molecule has 0 fully saturated rings. The Morgan fingerprint density at radius 2 is 2.13 bits per heavy atom. The highest BCUT2D eigenvalue weighted by Gasteiger charge is 2.01. The van der Waals surface area contributed by atoms with Crippen LogP contribution in [-0.4, -0.2) is 32.1 Å². The van der Waals surface area contributed by atoms with Crippen LogP contribution in [0.2, 0.25) is 0 Å². The van der Waals surface area contributed by atoms with Crippen LogP contribution in [0.1, 0.15) is 18.5 Å². The minimum Gasteiger partial charge on any atom is -0.492 e. The van der Waals surface area contributed by atoms with Gasteiger partial charge in [0, 0.05) is 12.6 Å². The Hall–Kier alpha value is -1.06. The molecule has 3 nitrogen and oxygen atoms in total. The van der Waals surface area contributed by atoms with Crippen molar-refractivity contribution < 1.29 is 4.74 Å². The van der Waals surface area contributed by atoms with Gasteiger partial charge in [0.15, 0.2) is 0 Å². The molecule has 0 saturated carbocycles. The van der Waals surface area contributed by atoms with Crippen LogP contribution in [0.15, 0.2) is 24.3 Å².